The van der Waals surface area contributed by atoms with Crippen molar-refractivity contribution in [1.29, 1.82) is 0 Å². The number of aliphatic hydroxyl groups is 1. The van der Waals surface area contributed by atoms with E-state index < -0.39 is 0 Å². The Balaban J connectivity index is 2.29. The van der Waals surface area contributed by atoms with Gasteiger partial charge in [-0.05, 0) is 18.1 Å². The Morgan fingerprint density at radius 2 is 1.94 bits per heavy atom. The van der Waals surface area contributed by atoms with E-state index in [-0.39, 0.29) is 19.1 Å². The molecule has 0 amide bonds. The minimum atomic E-state index is -0.241. The van der Waals surface area contributed by atoms with Crippen LogP contribution in [0.15, 0.2) is 24.3 Å². The number of carbonyl (C=O) groups excluding carboxylic acids is 1. The lowest BCUT2D eigenvalue weighted by Crippen LogP contribution is -2.24. The Morgan fingerprint density at radius 1 is 1.31 bits per heavy atom. The molecule has 2 N–H and O–H groups in total. The maximum absolute atomic E-state index is 11.0. The van der Waals surface area contributed by atoms with Gasteiger partial charge in [-0.1, -0.05) is 24.3 Å². The van der Waals surface area contributed by atoms with Crippen molar-refractivity contribution in [2.24, 2.45) is 0 Å². The highest BCUT2D eigenvalue weighted by Crippen LogP contribution is 2.03. The van der Waals surface area contributed by atoms with E-state index in [1.807, 2.05) is 24.3 Å². The van der Waals surface area contributed by atoms with Crippen LogP contribution in [0.25, 0.3) is 0 Å². The first-order chi connectivity index (χ1) is 7.76. The topological polar surface area (TPSA) is 58.6 Å². The second-order valence-corrected chi connectivity index (χ2v) is 3.38. The Morgan fingerprint density at radius 3 is 2.50 bits per heavy atom. The molecule has 0 fully saturated rings. The van der Waals surface area contributed by atoms with Gasteiger partial charge >= 0.3 is 5.97 Å². The third-order valence-corrected chi connectivity index (χ3v) is 2.11. The summed E-state index contributed by atoms with van der Waals surface area (Å²) in [6.45, 7) is 3.08. The second-order valence-electron chi connectivity index (χ2n) is 3.38. The van der Waals surface area contributed by atoms with Crippen LogP contribution in [-0.4, -0.2) is 24.2 Å². The molecule has 1 rings (SSSR count). The number of aliphatic hydroxyl groups excluding tert-OH is 1. The molecule has 0 bridgehead atoms. The van der Waals surface area contributed by atoms with Gasteiger partial charge in [-0.3, -0.25) is 4.79 Å². The summed E-state index contributed by atoms with van der Waals surface area (Å²) in [5.74, 6) is -0.241. The SMILES string of the molecule is CCOC(=O)CNCc1ccc(CO)cc1. The molecule has 4 heteroatoms. The molecule has 1 aromatic carbocycles. The molecule has 0 spiro atoms. The lowest BCUT2D eigenvalue weighted by Gasteiger charge is -2.05. The molecule has 0 saturated carbocycles. The average Bonchev–Trinajstić information content (AvgIpc) is 2.30. The molecule has 0 aromatic heterocycles. The van der Waals surface area contributed by atoms with E-state index in [0.29, 0.717) is 13.2 Å². The molecule has 88 valence electrons. The molecule has 0 aliphatic rings. The van der Waals surface area contributed by atoms with E-state index in [1.165, 1.54) is 0 Å². The number of esters is 1. The van der Waals surface area contributed by atoms with Crippen LogP contribution < -0.4 is 5.32 Å². The monoisotopic (exact) mass is 223 g/mol. The fourth-order valence-corrected chi connectivity index (χ4v) is 1.28. The van der Waals surface area contributed by atoms with Crippen LogP contribution in [0, 0.1) is 0 Å². The van der Waals surface area contributed by atoms with Crippen molar-refractivity contribution >= 4 is 5.97 Å². The van der Waals surface area contributed by atoms with Crippen molar-refractivity contribution in [3.63, 3.8) is 0 Å². The fourth-order valence-electron chi connectivity index (χ4n) is 1.28. The molecule has 1 aromatic rings. The minimum Gasteiger partial charge on any atom is -0.465 e. The van der Waals surface area contributed by atoms with Crippen LogP contribution in [-0.2, 0) is 22.7 Å². The summed E-state index contributed by atoms with van der Waals surface area (Å²) in [4.78, 5) is 11.0. The van der Waals surface area contributed by atoms with Gasteiger partial charge in [0.05, 0.1) is 19.8 Å². The van der Waals surface area contributed by atoms with Crippen molar-refractivity contribution in [3.8, 4) is 0 Å². The number of carbonyl (C=O) groups is 1. The minimum absolute atomic E-state index is 0.0521. The van der Waals surface area contributed by atoms with E-state index in [0.717, 1.165) is 11.1 Å². The summed E-state index contributed by atoms with van der Waals surface area (Å²) in [7, 11) is 0. The Kier molecular flexibility index (Phi) is 5.53. The van der Waals surface area contributed by atoms with E-state index >= 15 is 0 Å². The molecule has 0 radical (unpaired) electrons. The number of hydrogen-bond acceptors (Lipinski definition) is 4. The summed E-state index contributed by atoms with van der Waals surface area (Å²) < 4.78 is 4.78. The standard InChI is InChI=1S/C12H17NO3/c1-2-16-12(15)8-13-7-10-3-5-11(9-14)6-4-10/h3-6,13-14H,2,7-9H2,1H3. The van der Waals surface area contributed by atoms with Gasteiger partial charge in [-0.2, -0.15) is 0 Å². The number of hydrogen-bond donors (Lipinski definition) is 2. The highest BCUT2D eigenvalue weighted by Gasteiger charge is 2.00. The van der Waals surface area contributed by atoms with Gasteiger partial charge in [-0.15, -0.1) is 0 Å². The van der Waals surface area contributed by atoms with Gasteiger partial charge in [0.2, 0.25) is 0 Å². The summed E-state index contributed by atoms with van der Waals surface area (Å²) >= 11 is 0. The zero-order valence-corrected chi connectivity index (χ0v) is 9.40. The first-order valence-corrected chi connectivity index (χ1v) is 5.31. The third kappa shape index (κ3) is 4.42. The third-order valence-electron chi connectivity index (χ3n) is 2.11. The van der Waals surface area contributed by atoms with Crippen molar-refractivity contribution in [2.45, 2.75) is 20.1 Å². The van der Waals surface area contributed by atoms with Gasteiger partial charge in [-0.25, -0.2) is 0 Å². The van der Waals surface area contributed by atoms with E-state index in [1.54, 1.807) is 6.92 Å². The van der Waals surface area contributed by atoms with Crippen LogP contribution in [0.2, 0.25) is 0 Å². The number of benzene rings is 1. The highest BCUT2D eigenvalue weighted by molar-refractivity contribution is 5.71. The molecular weight excluding hydrogens is 206 g/mol. The van der Waals surface area contributed by atoms with E-state index in [2.05, 4.69) is 5.32 Å². The lowest BCUT2D eigenvalue weighted by atomic mass is 10.1. The molecule has 0 unspecified atom stereocenters. The van der Waals surface area contributed by atoms with Crippen molar-refractivity contribution < 1.29 is 14.6 Å². The maximum atomic E-state index is 11.0. The van der Waals surface area contributed by atoms with Crippen molar-refractivity contribution in [3.05, 3.63) is 35.4 Å². The first kappa shape index (κ1) is 12.7. The zero-order valence-electron chi connectivity index (χ0n) is 9.40. The summed E-state index contributed by atoms with van der Waals surface area (Å²) in [5, 5.41) is 11.8. The Hall–Kier alpha value is -1.39. The highest BCUT2D eigenvalue weighted by atomic mass is 16.5. The van der Waals surface area contributed by atoms with Gasteiger partial charge in [0.15, 0.2) is 0 Å². The van der Waals surface area contributed by atoms with Crippen LogP contribution in [0.1, 0.15) is 18.1 Å². The van der Waals surface area contributed by atoms with Crippen molar-refractivity contribution in [1.82, 2.24) is 5.32 Å². The Bertz CT molecular complexity index is 322. The zero-order chi connectivity index (χ0) is 11.8. The molecule has 4 nitrogen and oxygen atoms in total. The molecule has 16 heavy (non-hydrogen) atoms. The largest absolute Gasteiger partial charge is 0.465 e. The number of ether oxygens (including phenoxy) is 1. The predicted octanol–water partition coefficient (Wildman–Crippen LogP) is 0.832. The van der Waals surface area contributed by atoms with Gasteiger partial charge in [0.1, 0.15) is 0 Å². The molecular formula is C12H17NO3. The van der Waals surface area contributed by atoms with E-state index in [4.69, 9.17) is 9.84 Å². The van der Waals surface area contributed by atoms with Crippen molar-refractivity contribution in [2.75, 3.05) is 13.2 Å². The molecule has 0 atom stereocenters. The molecule has 0 aliphatic carbocycles. The fraction of sp³-hybridized carbons (Fsp3) is 0.417. The van der Waals surface area contributed by atoms with Gasteiger partial charge in [0, 0.05) is 6.54 Å². The molecule has 0 aliphatic heterocycles. The quantitative estimate of drug-likeness (QED) is 0.701. The average molecular weight is 223 g/mol. The normalized spacial score (nSPS) is 10.1. The predicted molar refractivity (Wildman–Crippen MR) is 60.7 cm³/mol. The first-order valence-electron chi connectivity index (χ1n) is 5.31. The maximum Gasteiger partial charge on any atom is 0.319 e. The smallest absolute Gasteiger partial charge is 0.319 e. The summed E-state index contributed by atoms with van der Waals surface area (Å²) in [5.41, 5.74) is 1.95. The number of nitrogens with one attached hydrogen (secondary N) is 1. The van der Waals surface area contributed by atoms with Crippen LogP contribution in [0.4, 0.5) is 0 Å². The Labute approximate surface area is 95.2 Å². The van der Waals surface area contributed by atoms with Gasteiger partial charge in [0.25, 0.3) is 0 Å². The number of rotatable bonds is 6. The lowest BCUT2D eigenvalue weighted by molar-refractivity contribution is -0.142. The van der Waals surface area contributed by atoms with Crippen LogP contribution >= 0.6 is 0 Å². The molecule has 0 heterocycles. The summed E-state index contributed by atoms with van der Waals surface area (Å²) in [6, 6.07) is 7.57. The van der Waals surface area contributed by atoms with Crippen LogP contribution in [0.3, 0.4) is 0 Å². The van der Waals surface area contributed by atoms with Crippen LogP contribution in [0.5, 0.6) is 0 Å². The second kappa shape index (κ2) is 6.98. The van der Waals surface area contributed by atoms with E-state index in [9.17, 15) is 4.79 Å². The van der Waals surface area contributed by atoms with Gasteiger partial charge < -0.3 is 15.2 Å². The summed E-state index contributed by atoms with van der Waals surface area (Å²) in [6.07, 6.45) is 0. The molecule has 0 saturated heterocycles.